The van der Waals surface area contributed by atoms with Gasteiger partial charge in [-0.05, 0) is 60.4 Å². The van der Waals surface area contributed by atoms with E-state index in [0.29, 0.717) is 41.0 Å². The molecule has 3 aliphatic carbocycles. The van der Waals surface area contributed by atoms with Crippen LogP contribution in [-0.2, 0) is 0 Å². The Morgan fingerprint density at radius 1 is 1.00 bits per heavy atom. The lowest BCUT2D eigenvalue weighted by atomic mass is 10.0. The quantitative estimate of drug-likeness (QED) is 0.240. The van der Waals surface area contributed by atoms with Crippen molar-refractivity contribution in [3.8, 4) is 22.4 Å². The summed E-state index contributed by atoms with van der Waals surface area (Å²) in [4.78, 5) is 17.6. The highest BCUT2D eigenvalue weighted by Crippen LogP contribution is 2.55. The normalized spacial score (nSPS) is 33.3. The maximum absolute atomic E-state index is 6.38. The van der Waals surface area contributed by atoms with Crippen LogP contribution in [0.4, 0.5) is 0 Å². The van der Waals surface area contributed by atoms with Gasteiger partial charge in [0.15, 0.2) is 0 Å². The smallest absolute Gasteiger partial charge is 0.123 e. The van der Waals surface area contributed by atoms with Crippen LogP contribution in [0.1, 0.15) is 43.2 Å². The van der Waals surface area contributed by atoms with E-state index >= 15 is 0 Å². The van der Waals surface area contributed by atoms with Gasteiger partial charge in [-0.3, -0.25) is 4.98 Å². The fourth-order valence-electron chi connectivity index (χ4n) is 7.17. The molecule has 4 aromatic rings. The summed E-state index contributed by atoms with van der Waals surface area (Å²) in [5.41, 5.74) is 15.4. The van der Waals surface area contributed by atoms with Crippen molar-refractivity contribution in [3.63, 3.8) is 0 Å². The monoisotopic (exact) mass is 528 g/mol. The van der Waals surface area contributed by atoms with Crippen LogP contribution >= 0.6 is 0 Å². The molecule has 200 valence electrons. The zero-order chi connectivity index (χ0) is 26.6. The van der Waals surface area contributed by atoms with Gasteiger partial charge in [0, 0.05) is 35.8 Å². The first-order chi connectivity index (χ1) is 19.5. The van der Waals surface area contributed by atoms with Gasteiger partial charge in [0.25, 0.3) is 0 Å². The molecular formula is C32H32N8. The number of nitrogens with zero attached hydrogens (tertiary/aromatic N) is 3. The topological polar surface area (TPSA) is 117 Å². The summed E-state index contributed by atoms with van der Waals surface area (Å²) in [6, 6.07) is 16.8. The highest BCUT2D eigenvalue weighted by Gasteiger charge is 2.65. The second-order valence-corrected chi connectivity index (χ2v) is 12.5. The Bertz CT molecular complexity index is 1690. The van der Waals surface area contributed by atoms with E-state index in [1.54, 1.807) is 6.20 Å². The number of imidazole rings is 1. The molecule has 5 fully saturated rings. The van der Waals surface area contributed by atoms with Crippen LogP contribution < -0.4 is 21.7 Å². The first-order valence-electron chi connectivity index (χ1n) is 14.4. The van der Waals surface area contributed by atoms with Crippen LogP contribution in [-0.4, -0.2) is 43.6 Å². The van der Waals surface area contributed by atoms with Crippen LogP contribution in [0, 0.1) is 11.8 Å². The maximum atomic E-state index is 6.38. The maximum Gasteiger partial charge on any atom is 0.123 e. The van der Waals surface area contributed by atoms with Crippen molar-refractivity contribution < 1.29 is 0 Å². The van der Waals surface area contributed by atoms with Crippen LogP contribution in [0.2, 0.25) is 0 Å². The molecule has 0 amide bonds. The van der Waals surface area contributed by atoms with E-state index in [9.17, 15) is 0 Å². The first-order valence-corrected chi connectivity index (χ1v) is 14.4. The van der Waals surface area contributed by atoms with E-state index in [4.69, 9.17) is 10.7 Å². The van der Waals surface area contributed by atoms with Crippen LogP contribution in [0.25, 0.3) is 39.1 Å². The predicted octanol–water partition coefficient (Wildman–Crippen LogP) is 4.02. The van der Waals surface area contributed by atoms with Crippen molar-refractivity contribution in [3.05, 3.63) is 84.7 Å². The molecule has 0 bridgehead atoms. The Kier molecular flexibility index (Phi) is 4.57. The molecule has 6 N–H and O–H groups in total. The lowest BCUT2D eigenvalue weighted by molar-refractivity contribution is 0.496. The molecule has 9 rings (SSSR count). The summed E-state index contributed by atoms with van der Waals surface area (Å²) in [5.74, 6) is 2.54. The Morgan fingerprint density at radius 3 is 2.65 bits per heavy atom. The Labute approximate surface area is 232 Å². The van der Waals surface area contributed by atoms with Crippen LogP contribution in [0.3, 0.4) is 0 Å². The van der Waals surface area contributed by atoms with Crippen LogP contribution in [0.5, 0.6) is 0 Å². The van der Waals surface area contributed by atoms with Gasteiger partial charge in [-0.1, -0.05) is 42.5 Å². The van der Waals surface area contributed by atoms with E-state index < -0.39 is 0 Å². The minimum atomic E-state index is 0.292. The zero-order valence-electron chi connectivity index (χ0n) is 22.2. The number of fused-ring (bicyclic) bond motifs is 3. The molecule has 8 nitrogen and oxygen atoms in total. The summed E-state index contributed by atoms with van der Waals surface area (Å²) in [7, 11) is 0. The van der Waals surface area contributed by atoms with E-state index in [2.05, 4.69) is 73.9 Å². The second-order valence-electron chi connectivity index (χ2n) is 12.5. The van der Waals surface area contributed by atoms with E-state index in [1.165, 1.54) is 24.8 Å². The number of hydrogen-bond acceptors (Lipinski definition) is 7. The molecule has 8 heteroatoms. The highest BCUT2D eigenvalue weighted by atomic mass is 15.2. The largest absolute Gasteiger partial charge is 0.396 e. The lowest BCUT2D eigenvalue weighted by Gasteiger charge is -2.13. The molecular weight excluding hydrogens is 496 g/mol. The van der Waals surface area contributed by atoms with E-state index in [0.717, 1.165) is 57.6 Å². The summed E-state index contributed by atoms with van der Waals surface area (Å²) in [5, 5.41) is 10.9. The van der Waals surface area contributed by atoms with Gasteiger partial charge in [0.2, 0.25) is 0 Å². The fraction of sp³-hybridized carbons (Fsp3) is 0.344. The van der Waals surface area contributed by atoms with Gasteiger partial charge < -0.3 is 26.7 Å². The lowest BCUT2D eigenvalue weighted by Crippen LogP contribution is -2.35. The molecule has 4 heterocycles. The van der Waals surface area contributed by atoms with Gasteiger partial charge in [-0.2, -0.15) is 0 Å². The van der Waals surface area contributed by atoms with Gasteiger partial charge in [-0.15, -0.1) is 0 Å². The second kappa shape index (κ2) is 8.02. The zero-order valence-corrected chi connectivity index (χ0v) is 22.2. The molecule has 2 aliphatic heterocycles. The van der Waals surface area contributed by atoms with Crippen molar-refractivity contribution >= 4 is 16.7 Å². The molecule has 0 radical (unpaired) electrons. The Hall–Kier alpha value is -4.01. The number of H-pyrrole nitrogens is 1. The third kappa shape index (κ3) is 3.63. The summed E-state index contributed by atoms with van der Waals surface area (Å²) >= 11 is 0. The van der Waals surface area contributed by atoms with Gasteiger partial charge >= 0.3 is 0 Å². The number of aromatic amines is 1. The molecule has 2 unspecified atom stereocenters. The number of nitrogens with two attached hydrogens (primary N) is 1. The molecule has 5 aliphatic rings. The first kappa shape index (κ1) is 22.8. The number of nitrogens with one attached hydrogen (secondary N) is 4. The van der Waals surface area contributed by atoms with Crippen molar-refractivity contribution in [2.24, 2.45) is 17.6 Å². The predicted molar refractivity (Wildman–Crippen MR) is 156 cm³/mol. The standard InChI is InChI=1S/C32H32N8/c1-16-21-10-26(38-30(16)21)31-36-14-27(39-31)18-4-2-17(3-5-18)19-6-7-23-25(8-19)34-15-28(37-23)22(33)13-35-29-12-32(29)11-20-9-24(20)40-32/h2-8,13-15,20-21,24,26,29-30,35,38,40H,1,9-12,33H2,(H,36,39)/b22-13-/t20-,21+,24-,26+,29?,30-,32?/m1/s1. The molecule has 2 aromatic heterocycles. The fourth-order valence-corrected chi connectivity index (χ4v) is 7.17. The number of hydrogen-bond donors (Lipinski definition) is 5. The number of benzene rings is 2. The van der Waals surface area contributed by atoms with E-state index in [1.807, 2.05) is 18.5 Å². The SMILES string of the molecule is C=C1[C@H]2N[C@H](c3ncc(-c4ccc(-c5ccc6nc(/C(N)=C/NC7CC78C[C@H]7C[C@H]7N8)cnc6c5)cc4)[nH]3)C[C@@H]12. The molecule has 1 spiro atoms. The summed E-state index contributed by atoms with van der Waals surface area (Å²) in [6.45, 7) is 4.11. The minimum absolute atomic E-state index is 0.292. The van der Waals surface area contributed by atoms with E-state index in [-0.39, 0.29) is 0 Å². The summed E-state index contributed by atoms with van der Waals surface area (Å²) in [6.07, 6.45) is 10.5. The Morgan fingerprint density at radius 2 is 1.85 bits per heavy atom. The third-order valence-electron chi connectivity index (χ3n) is 9.87. The van der Waals surface area contributed by atoms with Crippen molar-refractivity contribution in [2.45, 2.75) is 55.4 Å². The van der Waals surface area contributed by atoms with Crippen molar-refractivity contribution in [1.29, 1.82) is 0 Å². The Balaban J connectivity index is 0.886. The highest BCUT2D eigenvalue weighted by molar-refractivity contribution is 5.83. The minimum Gasteiger partial charge on any atom is -0.396 e. The molecule has 2 saturated heterocycles. The van der Waals surface area contributed by atoms with Crippen molar-refractivity contribution in [2.75, 3.05) is 0 Å². The average Bonchev–Trinajstić information content (AvgIpc) is 3.79. The van der Waals surface area contributed by atoms with Gasteiger partial charge in [0.05, 0.1) is 40.9 Å². The molecule has 3 saturated carbocycles. The molecule has 2 aromatic carbocycles. The summed E-state index contributed by atoms with van der Waals surface area (Å²) < 4.78 is 0. The number of rotatable bonds is 6. The van der Waals surface area contributed by atoms with Gasteiger partial charge in [-0.25, -0.2) is 9.97 Å². The average molecular weight is 529 g/mol. The van der Waals surface area contributed by atoms with Crippen LogP contribution in [0.15, 0.2) is 73.2 Å². The number of aromatic nitrogens is 4. The molecule has 40 heavy (non-hydrogen) atoms. The number of piperidine rings is 2. The van der Waals surface area contributed by atoms with Crippen molar-refractivity contribution in [1.82, 2.24) is 35.9 Å². The molecule has 7 atom stereocenters. The third-order valence-corrected chi connectivity index (χ3v) is 9.87. The van der Waals surface area contributed by atoms with Gasteiger partial charge in [0.1, 0.15) is 11.5 Å².